The molecule has 106 valence electrons. The van der Waals surface area contributed by atoms with E-state index in [1.807, 2.05) is 11.3 Å². The maximum absolute atomic E-state index is 2.55. The van der Waals surface area contributed by atoms with Crippen molar-refractivity contribution in [2.45, 2.75) is 19.5 Å². The van der Waals surface area contributed by atoms with Gasteiger partial charge < -0.3 is 9.13 Å². The Labute approximate surface area is 131 Å². The van der Waals surface area contributed by atoms with Crippen molar-refractivity contribution in [3.63, 3.8) is 0 Å². The van der Waals surface area contributed by atoms with Gasteiger partial charge in [0.2, 0.25) is 0 Å². The summed E-state index contributed by atoms with van der Waals surface area (Å²) >= 11 is 1.97. The molecule has 0 N–H and O–H groups in total. The third kappa shape index (κ3) is 1.15. The molecular weight excluding hydrogens is 288 g/mol. The molecule has 0 unspecified atom stereocenters. The van der Waals surface area contributed by atoms with E-state index in [0.29, 0.717) is 0 Å². The Balaban J connectivity index is 2.01. The lowest BCUT2D eigenvalue weighted by Gasteiger charge is -2.04. The van der Waals surface area contributed by atoms with E-state index in [9.17, 15) is 0 Å². The van der Waals surface area contributed by atoms with Crippen LogP contribution in [0.4, 0.5) is 0 Å². The fourth-order valence-corrected chi connectivity index (χ4v) is 5.55. The van der Waals surface area contributed by atoms with Crippen LogP contribution in [0.2, 0.25) is 0 Å². The van der Waals surface area contributed by atoms with Crippen LogP contribution in [0.5, 0.6) is 0 Å². The highest BCUT2D eigenvalue weighted by atomic mass is 32.1. The number of hydrogen-bond donors (Lipinski definition) is 0. The molecule has 0 bridgehead atoms. The number of hydrogen-bond acceptors (Lipinski definition) is 1. The van der Waals surface area contributed by atoms with Crippen LogP contribution in [-0.4, -0.2) is 9.13 Å². The Bertz CT molecular complexity index is 1110. The van der Waals surface area contributed by atoms with Gasteiger partial charge in [0.15, 0.2) is 0 Å². The SMILES string of the molecule is c1ccc2c(c1)c1sc3c4ccccc4n4c3c1n2CCC4. The normalized spacial score (nSPS) is 14.7. The lowest BCUT2D eigenvalue weighted by atomic mass is 10.2. The van der Waals surface area contributed by atoms with Crippen molar-refractivity contribution in [1.29, 1.82) is 0 Å². The molecule has 6 rings (SSSR count). The van der Waals surface area contributed by atoms with Gasteiger partial charge in [0.1, 0.15) is 0 Å². The summed E-state index contributed by atoms with van der Waals surface area (Å²) in [6.07, 6.45) is 1.20. The molecule has 0 fully saturated rings. The molecule has 0 saturated carbocycles. The van der Waals surface area contributed by atoms with Gasteiger partial charge in [-0.1, -0.05) is 36.4 Å². The fraction of sp³-hybridized carbons (Fsp3) is 0.158. The summed E-state index contributed by atoms with van der Waals surface area (Å²) in [6, 6.07) is 17.7. The Hall–Kier alpha value is -2.26. The number of rotatable bonds is 0. The van der Waals surface area contributed by atoms with Gasteiger partial charge in [0.25, 0.3) is 0 Å². The molecule has 0 atom stereocenters. The molecular formula is C19H14N2S. The predicted molar refractivity (Wildman–Crippen MR) is 94.9 cm³/mol. The zero-order chi connectivity index (χ0) is 14.3. The second-order valence-corrected chi connectivity index (χ2v) is 7.17. The zero-order valence-corrected chi connectivity index (χ0v) is 12.9. The Morgan fingerprint density at radius 1 is 0.682 bits per heavy atom. The van der Waals surface area contributed by atoms with Gasteiger partial charge >= 0.3 is 0 Å². The molecule has 0 spiro atoms. The Morgan fingerprint density at radius 3 is 1.73 bits per heavy atom. The van der Waals surface area contributed by atoms with Gasteiger partial charge in [-0.05, 0) is 18.6 Å². The van der Waals surface area contributed by atoms with Crippen LogP contribution < -0.4 is 0 Å². The van der Waals surface area contributed by atoms with Crippen molar-refractivity contribution in [3.8, 4) is 0 Å². The fourth-order valence-electron chi connectivity index (χ4n) is 4.17. The first-order chi connectivity index (χ1) is 10.9. The molecule has 2 nitrogen and oxygen atoms in total. The van der Waals surface area contributed by atoms with Crippen LogP contribution in [0.15, 0.2) is 48.5 Å². The average molecular weight is 302 g/mol. The van der Waals surface area contributed by atoms with Crippen molar-refractivity contribution in [1.82, 2.24) is 9.13 Å². The minimum absolute atomic E-state index is 1.12. The minimum atomic E-state index is 1.12. The van der Waals surface area contributed by atoms with Crippen molar-refractivity contribution in [2.75, 3.05) is 0 Å². The van der Waals surface area contributed by atoms with Crippen molar-refractivity contribution in [2.24, 2.45) is 0 Å². The first-order valence-corrected chi connectivity index (χ1v) is 8.66. The molecule has 0 radical (unpaired) electrons. The van der Waals surface area contributed by atoms with E-state index in [4.69, 9.17) is 0 Å². The van der Waals surface area contributed by atoms with E-state index in [2.05, 4.69) is 57.7 Å². The number of aromatic nitrogens is 2. The maximum Gasteiger partial charge on any atom is 0.0849 e. The van der Waals surface area contributed by atoms with E-state index in [1.54, 1.807) is 0 Å². The number of aryl methyl sites for hydroxylation is 2. The van der Waals surface area contributed by atoms with E-state index in [0.717, 1.165) is 13.1 Å². The van der Waals surface area contributed by atoms with Crippen molar-refractivity contribution in [3.05, 3.63) is 48.5 Å². The lowest BCUT2D eigenvalue weighted by molar-refractivity contribution is 0.617. The largest absolute Gasteiger partial charge is 0.338 e. The molecule has 5 aromatic rings. The summed E-state index contributed by atoms with van der Waals surface area (Å²) in [5.74, 6) is 0. The predicted octanol–water partition coefficient (Wildman–Crippen LogP) is 5.37. The third-order valence-electron chi connectivity index (χ3n) is 5.04. The van der Waals surface area contributed by atoms with Gasteiger partial charge in [-0.3, -0.25) is 0 Å². The highest BCUT2D eigenvalue weighted by molar-refractivity contribution is 7.27. The highest BCUT2D eigenvalue weighted by Gasteiger charge is 2.23. The second-order valence-electron chi connectivity index (χ2n) is 6.15. The van der Waals surface area contributed by atoms with Gasteiger partial charge in [0, 0.05) is 34.9 Å². The van der Waals surface area contributed by atoms with Crippen LogP contribution >= 0.6 is 11.3 Å². The second kappa shape index (κ2) is 3.73. The average Bonchev–Trinajstić information content (AvgIpc) is 3.11. The lowest BCUT2D eigenvalue weighted by Crippen LogP contribution is -1.98. The Morgan fingerprint density at radius 2 is 1.18 bits per heavy atom. The Kier molecular flexibility index (Phi) is 1.92. The number of thiophene rings is 1. The molecule has 0 saturated heterocycles. The third-order valence-corrected chi connectivity index (χ3v) is 6.28. The molecule has 1 aliphatic rings. The van der Waals surface area contributed by atoms with E-state index in [-0.39, 0.29) is 0 Å². The summed E-state index contributed by atoms with van der Waals surface area (Å²) in [7, 11) is 0. The standard InChI is InChI=1S/C19H14N2S/c1-3-8-14-12(6-1)18-16-17-19(22-18)13-7-2-4-9-15(13)21(17)11-5-10-20(14)16/h1-4,6-9H,5,10-11H2. The number of nitrogens with zero attached hydrogens (tertiary/aromatic N) is 2. The molecule has 3 heteroatoms. The molecule has 2 aromatic carbocycles. The van der Waals surface area contributed by atoms with E-state index >= 15 is 0 Å². The molecule has 4 heterocycles. The quantitative estimate of drug-likeness (QED) is 0.364. The smallest absolute Gasteiger partial charge is 0.0849 e. The summed E-state index contributed by atoms with van der Waals surface area (Å²) < 4.78 is 8.02. The van der Waals surface area contributed by atoms with Gasteiger partial charge in [-0.25, -0.2) is 0 Å². The first kappa shape index (κ1) is 11.3. The van der Waals surface area contributed by atoms with Crippen LogP contribution in [-0.2, 0) is 13.1 Å². The van der Waals surface area contributed by atoms with Crippen LogP contribution in [0.3, 0.4) is 0 Å². The highest BCUT2D eigenvalue weighted by Crippen LogP contribution is 2.46. The molecule has 22 heavy (non-hydrogen) atoms. The molecule has 3 aromatic heterocycles. The molecule has 1 aliphatic heterocycles. The first-order valence-electron chi connectivity index (χ1n) is 7.84. The number of para-hydroxylation sites is 2. The summed E-state index contributed by atoms with van der Waals surface area (Å²) in [4.78, 5) is 0. The summed E-state index contributed by atoms with van der Waals surface area (Å²) in [6.45, 7) is 2.23. The molecule has 0 amide bonds. The topological polar surface area (TPSA) is 9.86 Å². The van der Waals surface area contributed by atoms with Crippen LogP contribution in [0, 0.1) is 0 Å². The minimum Gasteiger partial charge on any atom is -0.338 e. The van der Waals surface area contributed by atoms with Crippen LogP contribution in [0.25, 0.3) is 42.2 Å². The van der Waals surface area contributed by atoms with Gasteiger partial charge in [-0.15, -0.1) is 11.3 Å². The van der Waals surface area contributed by atoms with Crippen molar-refractivity contribution >= 4 is 53.6 Å². The van der Waals surface area contributed by atoms with Crippen molar-refractivity contribution < 1.29 is 0 Å². The number of fused-ring (bicyclic) bond motifs is 6. The maximum atomic E-state index is 2.55. The zero-order valence-electron chi connectivity index (χ0n) is 12.0. The van der Waals surface area contributed by atoms with E-state index < -0.39 is 0 Å². The number of benzene rings is 2. The summed E-state index contributed by atoms with van der Waals surface area (Å²) in [5.41, 5.74) is 5.69. The van der Waals surface area contributed by atoms with E-state index in [1.165, 1.54) is 48.7 Å². The van der Waals surface area contributed by atoms with Crippen LogP contribution in [0.1, 0.15) is 6.42 Å². The van der Waals surface area contributed by atoms with Gasteiger partial charge in [0.05, 0.1) is 20.4 Å². The molecule has 0 aliphatic carbocycles. The summed E-state index contributed by atoms with van der Waals surface area (Å²) in [5, 5.41) is 2.83. The van der Waals surface area contributed by atoms with Gasteiger partial charge in [-0.2, -0.15) is 0 Å². The monoisotopic (exact) mass is 302 g/mol.